The molecule has 0 unspecified atom stereocenters. The molecular formula is C16H21N5O4. The van der Waals surface area contributed by atoms with Crippen LogP contribution in [0, 0.1) is 5.41 Å². The topological polar surface area (TPSA) is 140 Å². The number of nitrogens with one attached hydrogen (secondary N) is 2. The first-order valence-corrected chi connectivity index (χ1v) is 7.78. The van der Waals surface area contributed by atoms with Gasteiger partial charge in [0.15, 0.2) is 0 Å². The number of carboxylic acid groups (broad SMARTS) is 1. The molecular weight excluding hydrogens is 326 g/mol. The van der Waals surface area contributed by atoms with Crippen molar-refractivity contribution >= 4 is 23.6 Å². The Balaban J connectivity index is 1.76. The molecule has 1 aromatic rings. The highest BCUT2D eigenvalue weighted by Crippen LogP contribution is 2.05. The number of hydrogen-bond acceptors (Lipinski definition) is 5. The van der Waals surface area contributed by atoms with Crippen molar-refractivity contribution in [3.8, 4) is 0 Å². The summed E-state index contributed by atoms with van der Waals surface area (Å²) in [5.74, 6) is -1.63. The summed E-state index contributed by atoms with van der Waals surface area (Å²) in [6, 6.07) is 7.12. The molecule has 9 heteroatoms. The molecule has 134 valence electrons. The monoisotopic (exact) mass is 347 g/mol. The van der Waals surface area contributed by atoms with E-state index in [1.165, 1.54) is 9.80 Å². The van der Waals surface area contributed by atoms with Crippen molar-refractivity contribution in [1.29, 1.82) is 5.41 Å². The van der Waals surface area contributed by atoms with Crippen molar-refractivity contribution in [3.63, 3.8) is 0 Å². The van der Waals surface area contributed by atoms with Gasteiger partial charge in [-0.3, -0.25) is 19.8 Å². The van der Waals surface area contributed by atoms with Crippen LogP contribution in [-0.2, 0) is 20.9 Å². The third-order valence-corrected chi connectivity index (χ3v) is 3.87. The molecule has 1 aliphatic rings. The van der Waals surface area contributed by atoms with Crippen molar-refractivity contribution < 1.29 is 19.5 Å². The Hall–Kier alpha value is -2.94. The van der Waals surface area contributed by atoms with E-state index in [-0.39, 0.29) is 43.8 Å². The summed E-state index contributed by atoms with van der Waals surface area (Å²) in [5, 5.41) is 19.1. The molecule has 2 amide bonds. The molecule has 0 atom stereocenters. The predicted molar refractivity (Wildman–Crippen MR) is 90.0 cm³/mol. The van der Waals surface area contributed by atoms with Gasteiger partial charge in [0.2, 0.25) is 11.8 Å². The van der Waals surface area contributed by atoms with E-state index < -0.39 is 5.97 Å². The molecule has 2 rings (SSSR count). The quantitative estimate of drug-likeness (QED) is 0.361. The summed E-state index contributed by atoms with van der Waals surface area (Å²) >= 11 is 0. The second-order valence-corrected chi connectivity index (χ2v) is 5.74. The van der Waals surface area contributed by atoms with Gasteiger partial charge < -0.3 is 26.0 Å². The number of nitrogens with two attached hydrogens (primary N) is 1. The van der Waals surface area contributed by atoms with E-state index in [1.54, 1.807) is 12.1 Å². The second kappa shape index (κ2) is 8.25. The molecule has 9 nitrogen and oxygen atoms in total. The smallest absolute Gasteiger partial charge is 0.323 e. The van der Waals surface area contributed by atoms with Gasteiger partial charge >= 0.3 is 5.97 Å². The Labute approximate surface area is 144 Å². The van der Waals surface area contributed by atoms with Crippen molar-refractivity contribution in [1.82, 2.24) is 15.1 Å². The predicted octanol–water partition coefficient (Wildman–Crippen LogP) is -1.18. The minimum atomic E-state index is -1.06. The maximum atomic E-state index is 12.1. The average Bonchev–Trinajstić information content (AvgIpc) is 2.56. The fraction of sp³-hybridized carbons (Fsp3) is 0.375. The summed E-state index contributed by atoms with van der Waals surface area (Å²) in [4.78, 5) is 37.3. The van der Waals surface area contributed by atoms with E-state index >= 15 is 0 Å². The van der Waals surface area contributed by atoms with Crippen LogP contribution in [0.15, 0.2) is 24.3 Å². The van der Waals surface area contributed by atoms with Crippen LogP contribution in [0.1, 0.15) is 11.1 Å². The minimum absolute atomic E-state index is 0.00129. The first-order valence-electron chi connectivity index (χ1n) is 7.78. The number of carbonyl (C=O) groups is 3. The van der Waals surface area contributed by atoms with Gasteiger partial charge in [0, 0.05) is 25.2 Å². The maximum absolute atomic E-state index is 12.1. The standard InChI is InChI=1S/C16H21N5O4/c17-16(18)12-3-1-11(2-4-12)7-19-8-13(22)20-5-6-21(10-15(24)25)14(23)9-20/h1-4,19H,5-10H2,(H3,17,18)(H,24,25). The number of benzene rings is 1. The third-order valence-electron chi connectivity index (χ3n) is 3.87. The van der Waals surface area contributed by atoms with Gasteiger partial charge in [-0.25, -0.2) is 0 Å². The lowest BCUT2D eigenvalue weighted by Crippen LogP contribution is -2.54. The zero-order valence-corrected chi connectivity index (χ0v) is 13.7. The Bertz CT molecular complexity index is 674. The zero-order valence-electron chi connectivity index (χ0n) is 13.7. The second-order valence-electron chi connectivity index (χ2n) is 5.74. The number of nitrogens with zero attached hydrogens (tertiary/aromatic N) is 2. The van der Waals surface area contributed by atoms with E-state index in [9.17, 15) is 14.4 Å². The molecule has 0 radical (unpaired) electrons. The largest absolute Gasteiger partial charge is 0.480 e. The normalized spacial score (nSPS) is 14.5. The van der Waals surface area contributed by atoms with Gasteiger partial charge in [-0.1, -0.05) is 24.3 Å². The number of carbonyl (C=O) groups excluding carboxylic acids is 2. The molecule has 25 heavy (non-hydrogen) atoms. The van der Waals surface area contributed by atoms with Gasteiger partial charge in [0.1, 0.15) is 12.4 Å². The van der Waals surface area contributed by atoms with Crippen molar-refractivity contribution in [2.75, 3.05) is 32.7 Å². The Morgan fingerprint density at radius 2 is 1.92 bits per heavy atom. The first-order chi connectivity index (χ1) is 11.9. The lowest BCUT2D eigenvalue weighted by atomic mass is 10.1. The minimum Gasteiger partial charge on any atom is -0.480 e. The number of amidine groups is 1. The molecule has 0 aromatic heterocycles. The van der Waals surface area contributed by atoms with Gasteiger partial charge in [-0.2, -0.15) is 0 Å². The highest BCUT2D eigenvalue weighted by Gasteiger charge is 2.27. The van der Waals surface area contributed by atoms with Crippen molar-refractivity contribution in [2.45, 2.75) is 6.54 Å². The van der Waals surface area contributed by atoms with E-state index in [4.69, 9.17) is 16.2 Å². The number of amides is 2. The van der Waals surface area contributed by atoms with Crippen LogP contribution in [0.3, 0.4) is 0 Å². The Morgan fingerprint density at radius 3 is 2.48 bits per heavy atom. The average molecular weight is 347 g/mol. The fourth-order valence-electron chi connectivity index (χ4n) is 2.48. The Morgan fingerprint density at radius 1 is 1.24 bits per heavy atom. The summed E-state index contributed by atoms with van der Waals surface area (Å²) in [6.45, 7) is 0.671. The van der Waals surface area contributed by atoms with Gasteiger partial charge in [0.05, 0.1) is 13.1 Å². The molecule has 0 bridgehead atoms. The molecule has 1 aliphatic heterocycles. The van der Waals surface area contributed by atoms with Crippen LogP contribution in [0.4, 0.5) is 0 Å². The van der Waals surface area contributed by atoms with Crippen LogP contribution in [-0.4, -0.2) is 71.2 Å². The first kappa shape index (κ1) is 18.4. The molecule has 1 aromatic carbocycles. The van der Waals surface area contributed by atoms with Crippen LogP contribution in [0.5, 0.6) is 0 Å². The van der Waals surface area contributed by atoms with Crippen LogP contribution in [0.2, 0.25) is 0 Å². The molecule has 1 fully saturated rings. The lowest BCUT2D eigenvalue weighted by molar-refractivity contribution is -0.150. The lowest BCUT2D eigenvalue weighted by Gasteiger charge is -2.33. The van der Waals surface area contributed by atoms with E-state index in [0.717, 1.165) is 5.56 Å². The maximum Gasteiger partial charge on any atom is 0.323 e. The number of piperazine rings is 1. The van der Waals surface area contributed by atoms with Crippen LogP contribution < -0.4 is 11.1 Å². The number of aliphatic carboxylic acids is 1. The van der Waals surface area contributed by atoms with E-state index in [1.807, 2.05) is 12.1 Å². The highest BCUT2D eigenvalue weighted by molar-refractivity contribution is 5.94. The van der Waals surface area contributed by atoms with Crippen molar-refractivity contribution in [3.05, 3.63) is 35.4 Å². The number of nitrogen functional groups attached to an aromatic ring is 1. The summed E-state index contributed by atoms with van der Waals surface area (Å²) in [7, 11) is 0. The molecule has 0 spiro atoms. The SMILES string of the molecule is N=C(N)c1ccc(CNCC(=O)N2CCN(CC(=O)O)C(=O)C2)cc1. The zero-order chi connectivity index (χ0) is 18.4. The van der Waals surface area contributed by atoms with Gasteiger partial charge in [-0.05, 0) is 5.56 Å². The molecule has 1 heterocycles. The summed E-state index contributed by atoms with van der Waals surface area (Å²) in [6.07, 6.45) is 0. The van der Waals surface area contributed by atoms with Crippen LogP contribution in [0.25, 0.3) is 0 Å². The molecule has 5 N–H and O–H groups in total. The number of carboxylic acids is 1. The third kappa shape index (κ3) is 5.28. The highest BCUT2D eigenvalue weighted by atomic mass is 16.4. The van der Waals surface area contributed by atoms with E-state index in [2.05, 4.69) is 5.32 Å². The van der Waals surface area contributed by atoms with Crippen molar-refractivity contribution in [2.24, 2.45) is 5.73 Å². The Kier molecular flexibility index (Phi) is 6.07. The molecule has 1 saturated heterocycles. The number of rotatable bonds is 7. The van der Waals surface area contributed by atoms with Crippen LogP contribution >= 0.6 is 0 Å². The molecule has 0 aliphatic carbocycles. The summed E-state index contributed by atoms with van der Waals surface area (Å²) in [5.41, 5.74) is 6.97. The van der Waals surface area contributed by atoms with E-state index in [0.29, 0.717) is 18.7 Å². The fourth-order valence-corrected chi connectivity index (χ4v) is 2.48. The summed E-state index contributed by atoms with van der Waals surface area (Å²) < 4.78 is 0. The van der Waals surface area contributed by atoms with Gasteiger partial charge in [-0.15, -0.1) is 0 Å². The molecule has 0 saturated carbocycles. The van der Waals surface area contributed by atoms with Gasteiger partial charge in [0.25, 0.3) is 0 Å². The number of hydrogen-bond donors (Lipinski definition) is 4.